The maximum atomic E-state index is 12.5. The van der Waals surface area contributed by atoms with E-state index >= 15 is 0 Å². The molecule has 0 spiro atoms. The molecular weight excluding hydrogens is 372 g/mol. The second kappa shape index (κ2) is 9.43. The van der Waals surface area contributed by atoms with Crippen molar-refractivity contribution in [1.29, 1.82) is 0 Å². The molecule has 0 aromatic heterocycles. The third-order valence-electron chi connectivity index (χ3n) is 5.26. The van der Waals surface area contributed by atoms with Crippen molar-refractivity contribution in [2.75, 3.05) is 31.6 Å². The van der Waals surface area contributed by atoms with E-state index in [-0.39, 0.29) is 0 Å². The van der Waals surface area contributed by atoms with Crippen LogP contribution in [0.2, 0.25) is 0 Å². The summed E-state index contributed by atoms with van der Waals surface area (Å²) in [5.74, 6) is 0.657. The van der Waals surface area contributed by atoms with Crippen molar-refractivity contribution in [3.05, 3.63) is 53.6 Å². The summed E-state index contributed by atoms with van der Waals surface area (Å²) >= 11 is 0. The lowest BCUT2D eigenvalue weighted by molar-refractivity contribution is 0.414. The van der Waals surface area contributed by atoms with Gasteiger partial charge in [-0.1, -0.05) is 12.1 Å². The molecule has 1 saturated heterocycles. The van der Waals surface area contributed by atoms with Gasteiger partial charge in [-0.05, 0) is 80.5 Å². The topological polar surface area (TPSA) is 58.6 Å². The van der Waals surface area contributed by atoms with Gasteiger partial charge in [-0.3, -0.25) is 0 Å². The lowest BCUT2D eigenvalue weighted by Gasteiger charge is -2.28. The molecule has 0 amide bonds. The predicted octanol–water partition coefficient (Wildman–Crippen LogP) is 3.91. The summed E-state index contributed by atoms with van der Waals surface area (Å²) < 4.78 is 32.9. The van der Waals surface area contributed by atoms with E-state index in [0.29, 0.717) is 22.8 Å². The number of anilines is 1. The van der Waals surface area contributed by atoms with Crippen molar-refractivity contribution in [1.82, 2.24) is 4.72 Å². The van der Waals surface area contributed by atoms with E-state index < -0.39 is 10.0 Å². The first-order valence-electron chi connectivity index (χ1n) is 9.98. The summed E-state index contributed by atoms with van der Waals surface area (Å²) in [6.45, 7) is 4.49. The maximum Gasteiger partial charge on any atom is 0.240 e. The van der Waals surface area contributed by atoms with Crippen LogP contribution in [0.3, 0.4) is 0 Å². The van der Waals surface area contributed by atoms with Crippen molar-refractivity contribution in [2.45, 2.75) is 43.9 Å². The van der Waals surface area contributed by atoms with Gasteiger partial charge in [-0.2, -0.15) is 0 Å². The average Bonchev–Trinajstić information content (AvgIpc) is 2.72. The molecule has 1 aliphatic heterocycles. The highest BCUT2D eigenvalue weighted by Gasteiger charge is 2.16. The number of rotatable bonds is 8. The Labute approximate surface area is 168 Å². The molecule has 1 heterocycles. The molecule has 0 radical (unpaired) electrons. The number of nitrogens with one attached hydrogen (secondary N) is 1. The van der Waals surface area contributed by atoms with Crippen molar-refractivity contribution in [2.24, 2.45) is 0 Å². The molecule has 3 rings (SSSR count). The third kappa shape index (κ3) is 5.26. The number of ether oxygens (including phenoxy) is 1. The van der Waals surface area contributed by atoms with Gasteiger partial charge in [0, 0.05) is 25.3 Å². The Hall–Kier alpha value is -2.05. The van der Waals surface area contributed by atoms with Crippen LogP contribution in [0.4, 0.5) is 5.69 Å². The summed E-state index contributed by atoms with van der Waals surface area (Å²) in [4.78, 5) is 2.75. The van der Waals surface area contributed by atoms with Crippen LogP contribution in [0.1, 0.15) is 36.8 Å². The molecule has 0 unspecified atom stereocenters. The number of benzene rings is 2. The Bertz CT molecular complexity index is 873. The molecule has 0 aliphatic carbocycles. The summed E-state index contributed by atoms with van der Waals surface area (Å²) in [5.41, 5.74) is 3.21. The van der Waals surface area contributed by atoms with Crippen LogP contribution >= 0.6 is 0 Å². The standard InChI is InChI=1S/C22H30N2O3S/c1-18-17-21(27-2)12-13-22(18)28(25,26)23-14-6-7-19-8-10-20(11-9-19)24-15-4-3-5-16-24/h8-13,17,23H,3-7,14-16H2,1-2H3. The van der Waals surface area contributed by atoms with Gasteiger partial charge in [0.05, 0.1) is 12.0 Å². The van der Waals surface area contributed by atoms with E-state index in [0.717, 1.165) is 25.9 Å². The zero-order valence-electron chi connectivity index (χ0n) is 16.8. The molecule has 2 aromatic rings. The number of piperidine rings is 1. The van der Waals surface area contributed by atoms with E-state index in [1.807, 2.05) is 0 Å². The fourth-order valence-electron chi connectivity index (χ4n) is 3.65. The molecule has 1 fully saturated rings. The van der Waals surface area contributed by atoms with Gasteiger partial charge >= 0.3 is 0 Å². The SMILES string of the molecule is COc1ccc(S(=O)(=O)NCCCc2ccc(N3CCCCC3)cc2)c(C)c1. The largest absolute Gasteiger partial charge is 0.497 e. The molecule has 2 aromatic carbocycles. The number of sulfonamides is 1. The number of methoxy groups -OCH3 is 1. The first-order valence-corrected chi connectivity index (χ1v) is 11.5. The van der Waals surface area contributed by atoms with Gasteiger partial charge in [-0.25, -0.2) is 13.1 Å². The van der Waals surface area contributed by atoms with E-state index in [2.05, 4.69) is 33.9 Å². The molecule has 152 valence electrons. The Morgan fingerprint density at radius 3 is 2.39 bits per heavy atom. The van der Waals surface area contributed by atoms with Crippen LogP contribution < -0.4 is 14.4 Å². The lowest BCUT2D eigenvalue weighted by Crippen LogP contribution is -2.29. The van der Waals surface area contributed by atoms with Crippen LogP contribution in [0.15, 0.2) is 47.4 Å². The highest BCUT2D eigenvalue weighted by Crippen LogP contribution is 2.22. The van der Waals surface area contributed by atoms with Crippen LogP contribution in [0.25, 0.3) is 0 Å². The van der Waals surface area contributed by atoms with Gasteiger partial charge < -0.3 is 9.64 Å². The van der Waals surface area contributed by atoms with Crippen molar-refractivity contribution < 1.29 is 13.2 Å². The van der Waals surface area contributed by atoms with Gasteiger partial charge in [-0.15, -0.1) is 0 Å². The van der Waals surface area contributed by atoms with E-state index in [4.69, 9.17) is 4.74 Å². The van der Waals surface area contributed by atoms with Gasteiger partial charge in [0.15, 0.2) is 0 Å². The minimum Gasteiger partial charge on any atom is -0.497 e. The summed E-state index contributed by atoms with van der Waals surface area (Å²) in [6, 6.07) is 13.7. The highest BCUT2D eigenvalue weighted by atomic mass is 32.2. The lowest BCUT2D eigenvalue weighted by atomic mass is 10.1. The van der Waals surface area contributed by atoms with E-state index in [9.17, 15) is 8.42 Å². The predicted molar refractivity (Wildman–Crippen MR) is 114 cm³/mol. The normalized spacial score (nSPS) is 14.9. The zero-order chi connectivity index (χ0) is 20.0. The molecule has 0 bridgehead atoms. The quantitative estimate of drug-likeness (QED) is 0.680. The van der Waals surface area contributed by atoms with Crippen molar-refractivity contribution in [3.63, 3.8) is 0 Å². The summed E-state index contributed by atoms with van der Waals surface area (Å²) in [7, 11) is -1.93. The smallest absolute Gasteiger partial charge is 0.240 e. The average molecular weight is 403 g/mol. The number of hydrogen-bond acceptors (Lipinski definition) is 4. The number of aryl methyl sites for hydroxylation is 2. The molecule has 6 heteroatoms. The van der Waals surface area contributed by atoms with Gasteiger partial charge in [0.1, 0.15) is 5.75 Å². The molecule has 0 atom stereocenters. The molecule has 1 aliphatic rings. The fourth-order valence-corrected chi connectivity index (χ4v) is 4.95. The molecule has 28 heavy (non-hydrogen) atoms. The van der Waals surface area contributed by atoms with Gasteiger partial charge in [0.2, 0.25) is 10.0 Å². The van der Waals surface area contributed by atoms with E-state index in [1.54, 1.807) is 32.2 Å². The summed E-state index contributed by atoms with van der Waals surface area (Å²) in [6.07, 6.45) is 5.49. The fraction of sp³-hybridized carbons (Fsp3) is 0.455. The van der Waals surface area contributed by atoms with Crippen LogP contribution in [-0.2, 0) is 16.4 Å². The number of nitrogens with zero attached hydrogens (tertiary/aromatic N) is 1. The Kier molecular flexibility index (Phi) is 6.97. The second-order valence-corrected chi connectivity index (χ2v) is 9.08. The van der Waals surface area contributed by atoms with E-state index in [1.165, 1.54) is 30.5 Å². The van der Waals surface area contributed by atoms with Crippen LogP contribution in [-0.4, -0.2) is 35.2 Å². The third-order valence-corrected chi connectivity index (χ3v) is 6.88. The van der Waals surface area contributed by atoms with Crippen LogP contribution in [0.5, 0.6) is 5.75 Å². The van der Waals surface area contributed by atoms with Crippen molar-refractivity contribution in [3.8, 4) is 5.75 Å². The first kappa shape index (κ1) is 20.7. The Morgan fingerprint density at radius 1 is 1.04 bits per heavy atom. The Balaban J connectivity index is 1.49. The second-order valence-electron chi connectivity index (χ2n) is 7.35. The van der Waals surface area contributed by atoms with Crippen LogP contribution in [0, 0.1) is 6.92 Å². The minimum absolute atomic E-state index is 0.305. The molecule has 5 nitrogen and oxygen atoms in total. The Morgan fingerprint density at radius 2 is 1.75 bits per heavy atom. The number of hydrogen-bond donors (Lipinski definition) is 1. The first-order chi connectivity index (χ1) is 13.5. The minimum atomic E-state index is -3.50. The van der Waals surface area contributed by atoms with Crippen molar-refractivity contribution >= 4 is 15.7 Å². The summed E-state index contributed by atoms with van der Waals surface area (Å²) in [5, 5.41) is 0. The highest BCUT2D eigenvalue weighted by molar-refractivity contribution is 7.89. The van der Waals surface area contributed by atoms with Gasteiger partial charge in [0.25, 0.3) is 0 Å². The molecule has 0 saturated carbocycles. The maximum absolute atomic E-state index is 12.5. The molecule has 1 N–H and O–H groups in total. The zero-order valence-corrected chi connectivity index (χ0v) is 17.6. The monoisotopic (exact) mass is 402 g/mol. The molecular formula is C22H30N2O3S.